The van der Waals surface area contributed by atoms with Crippen LogP contribution in [0, 0.1) is 0 Å². The number of nitrogens with two attached hydrogens (primary N) is 1. The summed E-state index contributed by atoms with van der Waals surface area (Å²) in [5, 5.41) is 0. The summed E-state index contributed by atoms with van der Waals surface area (Å²) in [6.45, 7) is 0. The van der Waals surface area contributed by atoms with Crippen LogP contribution in [0.3, 0.4) is 0 Å². The van der Waals surface area contributed by atoms with E-state index in [0.29, 0.717) is 0 Å². The van der Waals surface area contributed by atoms with Crippen LogP contribution in [0.15, 0.2) is 36.7 Å². The normalized spacial score (nSPS) is 10.4. The maximum atomic E-state index is 5.61. The number of nitrogen functional groups attached to an aromatic ring is 1. The Morgan fingerprint density at radius 2 is 2.00 bits per heavy atom. The summed E-state index contributed by atoms with van der Waals surface area (Å²) in [5.74, 6) is 1.06. The van der Waals surface area contributed by atoms with Gasteiger partial charge < -0.3 is 10.3 Å². The van der Waals surface area contributed by atoms with Crippen LogP contribution in [-0.4, -0.2) is 9.55 Å². The van der Waals surface area contributed by atoms with Crippen molar-refractivity contribution in [3.8, 4) is 0 Å². The number of aromatic nitrogens is 2. The molecule has 0 aliphatic rings. The molecule has 0 amide bonds. The van der Waals surface area contributed by atoms with E-state index in [0.717, 1.165) is 17.9 Å². The van der Waals surface area contributed by atoms with Gasteiger partial charge in [-0.3, -0.25) is 0 Å². The van der Waals surface area contributed by atoms with Gasteiger partial charge in [0.1, 0.15) is 5.82 Å². The highest BCUT2D eigenvalue weighted by molar-refractivity contribution is 5.39. The summed E-state index contributed by atoms with van der Waals surface area (Å²) in [6, 6.07) is 7.89. The molecule has 0 aliphatic carbocycles. The highest BCUT2D eigenvalue weighted by Gasteiger charge is 2.00. The van der Waals surface area contributed by atoms with E-state index in [1.807, 2.05) is 48.3 Å². The van der Waals surface area contributed by atoms with Gasteiger partial charge in [0.05, 0.1) is 0 Å². The molecule has 0 saturated carbocycles. The van der Waals surface area contributed by atoms with Gasteiger partial charge in [0.15, 0.2) is 0 Å². The molecule has 0 atom stereocenters. The van der Waals surface area contributed by atoms with E-state index in [9.17, 15) is 0 Å². The van der Waals surface area contributed by atoms with Gasteiger partial charge in [0, 0.05) is 31.5 Å². The predicted molar refractivity (Wildman–Crippen MR) is 56.9 cm³/mol. The number of benzene rings is 1. The van der Waals surface area contributed by atoms with Gasteiger partial charge in [0.25, 0.3) is 0 Å². The maximum Gasteiger partial charge on any atom is 0.112 e. The molecule has 2 N–H and O–H groups in total. The quantitative estimate of drug-likeness (QED) is 0.725. The molecule has 72 valence electrons. The lowest BCUT2D eigenvalue weighted by atomic mass is 10.1. The Morgan fingerprint density at radius 3 is 2.57 bits per heavy atom. The molecule has 0 spiro atoms. The average molecular weight is 187 g/mol. The number of rotatable bonds is 2. The van der Waals surface area contributed by atoms with Gasteiger partial charge in [-0.15, -0.1) is 0 Å². The largest absolute Gasteiger partial charge is 0.399 e. The standard InChI is InChI=1S/C11H13N3/c1-14-7-6-13-11(14)8-9-2-4-10(12)5-3-9/h2-7H,8,12H2,1H3. The molecule has 0 bridgehead atoms. The lowest BCUT2D eigenvalue weighted by Gasteiger charge is -2.02. The van der Waals surface area contributed by atoms with E-state index in [1.165, 1.54) is 5.56 Å². The topological polar surface area (TPSA) is 43.8 Å². The van der Waals surface area contributed by atoms with Crippen molar-refractivity contribution in [2.45, 2.75) is 6.42 Å². The zero-order valence-corrected chi connectivity index (χ0v) is 8.14. The number of nitrogens with zero attached hydrogens (tertiary/aromatic N) is 2. The first-order chi connectivity index (χ1) is 6.75. The summed E-state index contributed by atoms with van der Waals surface area (Å²) in [7, 11) is 2.00. The molecule has 1 aromatic carbocycles. The molecule has 0 unspecified atom stereocenters. The van der Waals surface area contributed by atoms with E-state index in [2.05, 4.69) is 4.98 Å². The molecule has 1 heterocycles. The van der Waals surface area contributed by atoms with Crippen molar-refractivity contribution in [3.63, 3.8) is 0 Å². The highest BCUT2D eigenvalue weighted by Crippen LogP contribution is 2.09. The van der Waals surface area contributed by atoms with Crippen molar-refractivity contribution in [3.05, 3.63) is 48.0 Å². The first-order valence-electron chi connectivity index (χ1n) is 4.56. The molecule has 1 aromatic heterocycles. The van der Waals surface area contributed by atoms with E-state index in [1.54, 1.807) is 0 Å². The highest BCUT2D eigenvalue weighted by atomic mass is 15.0. The Labute approximate surface area is 83.2 Å². The fourth-order valence-electron chi connectivity index (χ4n) is 1.38. The van der Waals surface area contributed by atoms with Crippen molar-refractivity contribution in [1.29, 1.82) is 0 Å². The van der Waals surface area contributed by atoms with Crippen molar-refractivity contribution in [2.24, 2.45) is 7.05 Å². The zero-order valence-electron chi connectivity index (χ0n) is 8.14. The SMILES string of the molecule is Cn1ccnc1Cc1ccc(N)cc1. The third-order valence-corrected chi connectivity index (χ3v) is 2.26. The third-order valence-electron chi connectivity index (χ3n) is 2.26. The van der Waals surface area contributed by atoms with Crippen LogP contribution >= 0.6 is 0 Å². The van der Waals surface area contributed by atoms with E-state index in [4.69, 9.17) is 5.73 Å². The molecule has 0 fully saturated rings. The Kier molecular flexibility index (Phi) is 2.23. The van der Waals surface area contributed by atoms with Crippen molar-refractivity contribution < 1.29 is 0 Å². The van der Waals surface area contributed by atoms with E-state index >= 15 is 0 Å². The first kappa shape index (κ1) is 8.81. The minimum Gasteiger partial charge on any atom is -0.399 e. The van der Waals surface area contributed by atoms with Crippen LogP contribution in [0.1, 0.15) is 11.4 Å². The summed E-state index contributed by atoms with van der Waals surface area (Å²) in [4.78, 5) is 4.27. The second-order valence-corrected chi connectivity index (χ2v) is 3.37. The summed E-state index contributed by atoms with van der Waals surface area (Å²) >= 11 is 0. The van der Waals surface area contributed by atoms with E-state index in [-0.39, 0.29) is 0 Å². The van der Waals surface area contributed by atoms with Crippen LogP contribution < -0.4 is 5.73 Å². The Bertz CT molecular complexity index is 414. The lowest BCUT2D eigenvalue weighted by molar-refractivity contribution is 0.822. The molecule has 0 aliphatic heterocycles. The van der Waals surface area contributed by atoms with Gasteiger partial charge in [-0.2, -0.15) is 0 Å². The molecule has 0 saturated heterocycles. The van der Waals surface area contributed by atoms with E-state index < -0.39 is 0 Å². The van der Waals surface area contributed by atoms with Crippen LogP contribution in [0.5, 0.6) is 0 Å². The van der Waals surface area contributed by atoms with Gasteiger partial charge >= 0.3 is 0 Å². The molecule has 3 heteroatoms. The van der Waals surface area contributed by atoms with Crippen molar-refractivity contribution in [1.82, 2.24) is 9.55 Å². The number of anilines is 1. The molecular weight excluding hydrogens is 174 g/mol. The molecule has 3 nitrogen and oxygen atoms in total. The number of hydrogen-bond donors (Lipinski definition) is 1. The monoisotopic (exact) mass is 187 g/mol. The van der Waals surface area contributed by atoms with Gasteiger partial charge in [0.2, 0.25) is 0 Å². The molecular formula is C11H13N3. The molecule has 2 rings (SSSR count). The van der Waals surface area contributed by atoms with Gasteiger partial charge in [-0.1, -0.05) is 12.1 Å². The fraction of sp³-hybridized carbons (Fsp3) is 0.182. The number of aryl methyl sites for hydroxylation is 1. The van der Waals surface area contributed by atoms with Gasteiger partial charge in [-0.05, 0) is 17.7 Å². The first-order valence-corrected chi connectivity index (χ1v) is 4.56. The Morgan fingerprint density at radius 1 is 1.29 bits per heavy atom. The lowest BCUT2D eigenvalue weighted by Crippen LogP contribution is -1.98. The fourth-order valence-corrected chi connectivity index (χ4v) is 1.38. The molecule has 14 heavy (non-hydrogen) atoms. The van der Waals surface area contributed by atoms with Crippen LogP contribution in [0.2, 0.25) is 0 Å². The minimum atomic E-state index is 0.800. The minimum absolute atomic E-state index is 0.800. The van der Waals surface area contributed by atoms with Crippen LogP contribution in [0.4, 0.5) is 5.69 Å². The van der Waals surface area contributed by atoms with Crippen LogP contribution in [-0.2, 0) is 13.5 Å². The van der Waals surface area contributed by atoms with Crippen molar-refractivity contribution >= 4 is 5.69 Å². The van der Waals surface area contributed by atoms with Crippen LogP contribution in [0.25, 0.3) is 0 Å². The summed E-state index contributed by atoms with van der Waals surface area (Å²) in [5.41, 5.74) is 7.64. The van der Waals surface area contributed by atoms with Crippen molar-refractivity contribution in [2.75, 3.05) is 5.73 Å². The smallest absolute Gasteiger partial charge is 0.112 e. The maximum absolute atomic E-state index is 5.61. The predicted octanol–water partition coefficient (Wildman–Crippen LogP) is 1.59. The summed E-state index contributed by atoms with van der Waals surface area (Å²) < 4.78 is 2.02. The molecule has 2 aromatic rings. The second kappa shape index (κ2) is 3.54. The summed E-state index contributed by atoms with van der Waals surface area (Å²) in [6.07, 6.45) is 4.61. The molecule has 0 radical (unpaired) electrons. The zero-order chi connectivity index (χ0) is 9.97. The number of hydrogen-bond acceptors (Lipinski definition) is 2. The Hall–Kier alpha value is -1.77. The van der Waals surface area contributed by atoms with Gasteiger partial charge in [-0.25, -0.2) is 4.98 Å². The third kappa shape index (κ3) is 1.76. The average Bonchev–Trinajstić information content (AvgIpc) is 2.56. The Balaban J connectivity index is 2.19. The number of imidazole rings is 1. The second-order valence-electron chi connectivity index (χ2n) is 3.37.